The average molecular weight is 423 g/mol. The number of carbonyl (C=O) groups is 2. The van der Waals surface area contributed by atoms with Crippen molar-refractivity contribution in [2.45, 2.75) is 33.4 Å². The van der Waals surface area contributed by atoms with E-state index in [4.69, 9.17) is 9.47 Å². The lowest BCUT2D eigenvalue weighted by molar-refractivity contribution is -0.116. The first-order valence-electron chi connectivity index (χ1n) is 9.87. The lowest BCUT2D eigenvalue weighted by Crippen LogP contribution is -2.41. The van der Waals surface area contributed by atoms with Crippen LogP contribution in [0.5, 0.6) is 11.5 Å². The van der Waals surface area contributed by atoms with Crippen LogP contribution in [0.25, 0.3) is 10.9 Å². The lowest BCUT2D eigenvalue weighted by Gasteiger charge is -2.15. The molecule has 9 heteroatoms. The molecule has 1 aliphatic heterocycles. The van der Waals surface area contributed by atoms with Crippen LogP contribution in [0.1, 0.15) is 30.6 Å². The second-order valence-corrected chi connectivity index (χ2v) is 7.20. The Bertz CT molecular complexity index is 1320. The fourth-order valence-electron chi connectivity index (χ4n) is 3.61. The van der Waals surface area contributed by atoms with Crippen molar-refractivity contribution >= 4 is 28.3 Å². The molecule has 1 aromatic heterocycles. The van der Waals surface area contributed by atoms with Crippen molar-refractivity contribution in [3.8, 4) is 11.5 Å². The van der Waals surface area contributed by atoms with Gasteiger partial charge in [0.2, 0.25) is 12.7 Å². The van der Waals surface area contributed by atoms with Crippen LogP contribution in [-0.2, 0) is 17.9 Å². The lowest BCUT2D eigenvalue weighted by atomic mass is 10.1. The smallest absolute Gasteiger partial charge is 0.331 e. The van der Waals surface area contributed by atoms with Gasteiger partial charge in [-0.15, -0.1) is 0 Å². The molecule has 0 fully saturated rings. The fraction of sp³-hybridized carbons (Fsp3) is 0.273. The van der Waals surface area contributed by atoms with Crippen LogP contribution in [0.3, 0.4) is 0 Å². The summed E-state index contributed by atoms with van der Waals surface area (Å²) in [5.41, 5.74) is -0.0313. The standard InChI is InChI=1S/C22H21N3O6/c1-3-8-24-21(28)14-6-4-5-7-17(14)25(22(24)29)11-20(27)23-16-10-19-18(30-12-31-19)9-15(16)13(2)26/h4-7,9-10H,3,8,11-12H2,1-2H3,(H,23,27). The molecular formula is C22H21N3O6. The van der Waals surface area contributed by atoms with Crippen LogP contribution in [0.2, 0.25) is 0 Å². The number of para-hydroxylation sites is 1. The summed E-state index contributed by atoms with van der Waals surface area (Å²) < 4.78 is 13.0. The van der Waals surface area contributed by atoms with E-state index in [0.29, 0.717) is 28.8 Å². The number of amides is 1. The monoisotopic (exact) mass is 423 g/mol. The highest BCUT2D eigenvalue weighted by Gasteiger charge is 2.21. The van der Waals surface area contributed by atoms with E-state index in [2.05, 4.69) is 5.32 Å². The molecule has 9 nitrogen and oxygen atoms in total. The van der Waals surface area contributed by atoms with Gasteiger partial charge in [0.1, 0.15) is 6.54 Å². The number of ether oxygens (including phenoxy) is 2. The molecule has 0 radical (unpaired) electrons. The van der Waals surface area contributed by atoms with E-state index in [9.17, 15) is 19.2 Å². The van der Waals surface area contributed by atoms with E-state index in [1.54, 1.807) is 24.3 Å². The Kier molecular flexibility index (Phi) is 5.33. The molecule has 2 heterocycles. The van der Waals surface area contributed by atoms with E-state index in [-0.39, 0.29) is 42.5 Å². The van der Waals surface area contributed by atoms with Crippen LogP contribution in [0.4, 0.5) is 5.69 Å². The Balaban J connectivity index is 1.73. The number of hydrogen-bond acceptors (Lipinski definition) is 6. The minimum atomic E-state index is -0.557. The number of aromatic nitrogens is 2. The summed E-state index contributed by atoms with van der Waals surface area (Å²) in [5, 5.41) is 3.04. The summed E-state index contributed by atoms with van der Waals surface area (Å²) in [7, 11) is 0. The molecule has 4 rings (SSSR count). The molecule has 0 unspecified atom stereocenters. The van der Waals surface area contributed by atoms with Gasteiger partial charge in [-0.2, -0.15) is 0 Å². The number of benzene rings is 2. The van der Waals surface area contributed by atoms with E-state index < -0.39 is 11.6 Å². The summed E-state index contributed by atoms with van der Waals surface area (Å²) in [4.78, 5) is 50.6. The summed E-state index contributed by atoms with van der Waals surface area (Å²) in [5.74, 6) is 0.0690. The maximum absolute atomic E-state index is 13.0. The average Bonchev–Trinajstić information content (AvgIpc) is 3.21. The maximum atomic E-state index is 13.0. The van der Waals surface area contributed by atoms with Crippen molar-refractivity contribution in [3.63, 3.8) is 0 Å². The van der Waals surface area contributed by atoms with Gasteiger partial charge in [0.25, 0.3) is 5.56 Å². The highest BCUT2D eigenvalue weighted by molar-refractivity contribution is 6.04. The Morgan fingerprint density at radius 3 is 2.48 bits per heavy atom. The highest BCUT2D eigenvalue weighted by atomic mass is 16.7. The van der Waals surface area contributed by atoms with Crippen molar-refractivity contribution in [2.75, 3.05) is 12.1 Å². The van der Waals surface area contributed by atoms with Gasteiger partial charge in [-0.05, 0) is 31.5 Å². The number of anilines is 1. The Hall–Kier alpha value is -3.88. The van der Waals surface area contributed by atoms with E-state index in [0.717, 1.165) is 4.57 Å². The third-order valence-electron chi connectivity index (χ3n) is 5.05. The SMILES string of the molecule is CCCn1c(=O)c2ccccc2n(CC(=O)Nc2cc3c(cc2C(C)=O)OCO3)c1=O. The molecule has 31 heavy (non-hydrogen) atoms. The van der Waals surface area contributed by atoms with Gasteiger partial charge in [0.05, 0.1) is 16.6 Å². The van der Waals surface area contributed by atoms with Gasteiger partial charge in [0, 0.05) is 18.2 Å². The van der Waals surface area contributed by atoms with Gasteiger partial charge >= 0.3 is 5.69 Å². The molecule has 2 aromatic carbocycles. The van der Waals surface area contributed by atoms with Crippen molar-refractivity contribution in [1.82, 2.24) is 9.13 Å². The number of Topliss-reactive ketones (excluding diaryl/α,β-unsaturated/α-hetero) is 1. The molecule has 0 atom stereocenters. The number of nitrogens with zero attached hydrogens (tertiary/aromatic N) is 2. The number of carbonyl (C=O) groups excluding carboxylic acids is 2. The van der Waals surface area contributed by atoms with Gasteiger partial charge in [-0.25, -0.2) is 4.79 Å². The zero-order chi connectivity index (χ0) is 22.1. The molecular weight excluding hydrogens is 402 g/mol. The Morgan fingerprint density at radius 2 is 1.77 bits per heavy atom. The first-order chi connectivity index (χ1) is 14.9. The minimum absolute atomic E-state index is 0.0322. The third-order valence-corrected chi connectivity index (χ3v) is 5.05. The van der Waals surface area contributed by atoms with Crippen LogP contribution in [0.15, 0.2) is 46.0 Å². The van der Waals surface area contributed by atoms with Gasteiger partial charge in [0.15, 0.2) is 17.3 Å². The molecule has 1 aliphatic rings. The second-order valence-electron chi connectivity index (χ2n) is 7.20. The topological polar surface area (TPSA) is 109 Å². The molecule has 160 valence electrons. The summed E-state index contributed by atoms with van der Waals surface area (Å²) in [6, 6.07) is 9.71. The molecule has 0 bridgehead atoms. The molecule has 0 spiro atoms. The van der Waals surface area contributed by atoms with Crippen LogP contribution < -0.4 is 26.0 Å². The van der Waals surface area contributed by atoms with E-state index in [1.165, 1.54) is 23.6 Å². The number of rotatable bonds is 6. The van der Waals surface area contributed by atoms with Crippen molar-refractivity contribution in [3.05, 3.63) is 62.8 Å². The molecule has 0 saturated carbocycles. The molecule has 3 aromatic rings. The van der Waals surface area contributed by atoms with Crippen LogP contribution >= 0.6 is 0 Å². The van der Waals surface area contributed by atoms with Gasteiger partial charge < -0.3 is 14.8 Å². The summed E-state index contributed by atoms with van der Waals surface area (Å²) in [6.45, 7) is 3.20. The Morgan fingerprint density at radius 1 is 1.06 bits per heavy atom. The summed E-state index contributed by atoms with van der Waals surface area (Å²) in [6.07, 6.45) is 0.596. The summed E-state index contributed by atoms with van der Waals surface area (Å²) >= 11 is 0. The molecule has 1 amide bonds. The largest absolute Gasteiger partial charge is 0.454 e. The predicted molar refractivity (Wildman–Crippen MR) is 114 cm³/mol. The van der Waals surface area contributed by atoms with Crippen molar-refractivity contribution < 1.29 is 19.1 Å². The Labute approximate surface area is 176 Å². The highest BCUT2D eigenvalue weighted by Crippen LogP contribution is 2.37. The maximum Gasteiger partial charge on any atom is 0.331 e. The zero-order valence-electron chi connectivity index (χ0n) is 17.1. The second kappa shape index (κ2) is 8.10. The number of nitrogens with one attached hydrogen (secondary N) is 1. The first-order valence-corrected chi connectivity index (χ1v) is 9.87. The third kappa shape index (κ3) is 3.70. The van der Waals surface area contributed by atoms with Gasteiger partial charge in [-0.1, -0.05) is 19.1 Å². The number of ketones is 1. The van der Waals surface area contributed by atoms with Crippen LogP contribution in [-0.4, -0.2) is 27.6 Å². The van der Waals surface area contributed by atoms with Gasteiger partial charge in [-0.3, -0.25) is 23.5 Å². The predicted octanol–water partition coefficient (Wildman–Crippen LogP) is 2.14. The number of hydrogen-bond donors (Lipinski definition) is 1. The zero-order valence-corrected chi connectivity index (χ0v) is 17.1. The van der Waals surface area contributed by atoms with Crippen LogP contribution in [0, 0.1) is 0 Å². The van der Waals surface area contributed by atoms with E-state index in [1.807, 2.05) is 6.92 Å². The number of fused-ring (bicyclic) bond motifs is 2. The molecule has 0 aliphatic carbocycles. The normalized spacial score (nSPS) is 12.2. The first kappa shape index (κ1) is 20.4. The molecule has 0 saturated heterocycles. The quantitative estimate of drug-likeness (QED) is 0.609. The minimum Gasteiger partial charge on any atom is -0.454 e. The fourth-order valence-corrected chi connectivity index (χ4v) is 3.61. The van der Waals surface area contributed by atoms with E-state index >= 15 is 0 Å². The molecule has 1 N–H and O–H groups in total. The van der Waals surface area contributed by atoms with Crippen molar-refractivity contribution in [1.29, 1.82) is 0 Å². The van der Waals surface area contributed by atoms with Crippen molar-refractivity contribution in [2.24, 2.45) is 0 Å².